The van der Waals surface area contributed by atoms with E-state index in [1.165, 1.54) is 11.3 Å². The van der Waals surface area contributed by atoms with Crippen LogP contribution >= 0.6 is 11.3 Å². The first-order chi connectivity index (χ1) is 16.3. The van der Waals surface area contributed by atoms with Gasteiger partial charge in [0.1, 0.15) is 17.1 Å². The average molecular weight is 475 g/mol. The summed E-state index contributed by atoms with van der Waals surface area (Å²) in [7, 11) is 0. The Morgan fingerprint density at radius 1 is 1.12 bits per heavy atom. The molecule has 0 bridgehead atoms. The molecule has 3 aromatic rings. The minimum absolute atomic E-state index is 0.209. The number of hydrogen-bond acceptors (Lipinski definition) is 5. The maximum absolute atomic E-state index is 13.3. The molecule has 1 aliphatic heterocycles. The molecule has 4 N–H and O–H groups in total. The maximum Gasteiger partial charge on any atom is 0.325 e. The molecule has 2 heterocycles. The van der Waals surface area contributed by atoms with E-state index in [2.05, 4.69) is 10.6 Å². The van der Waals surface area contributed by atoms with E-state index in [1.54, 1.807) is 0 Å². The molecule has 2 aromatic carbocycles. The van der Waals surface area contributed by atoms with E-state index in [9.17, 15) is 19.2 Å². The Hall–Kier alpha value is -3.98. The lowest BCUT2D eigenvalue weighted by molar-refractivity contribution is -0.134. The zero-order valence-electron chi connectivity index (χ0n) is 18.4. The summed E-state index contributed by atoms with van der Waals surface area (Å²) in [6.45, 7) is 1.37. The number of urea groups is 1. The highest BCUT2D eigenvalue weighted by Gasteiger charge is 2.55. The number of nitrogens with one attached hydrogen (secondary N) is 2. The second-order valence-electron chi connectivity index (χ2n) is 8.40. The lowest BCUT2D eigenvalue weighted by atomic mass is 9.92. The molecule has 0 radical (unpaired) electrons. The Kier molecular flexibility index (Phi) is 5.21. The lowest BCUT2D eigenvalue weighted by Gasteiger charge is -2.22. The van der Waals surface area contributed by atoms with Gasteiger partial charge in [-0.25, -0.2) is 4.79 Å². The number of benzene rings is 2. The molecule has 1 spiro atoms. The maximum atomic E-state index is 13.3. The van der Waals surface area contributed by atoms with Crippen molar-refractivity contribution >= 4 is 40.1 Å². The predicted octanol–water partition coefficient (Wildman–Crippen LogP) is 3.15. The van der Waals surface area contributed by atoms with Crippen molar-refractivity contribution in [3.05, 3.63) is 76.2 Å². The quantitative estimate of drug-likeness (QED) is 0.492. The van der Waals surface area contributed by atoms with Crippen LogP contribution in [-0.2, 0) is 21.5 Å². The summed E-state index contributed by atoms with van der Waals surface area (Å²) in [4.78, 5) is 53.0. The van der Waals surface area contributed by atoms with Gasteiger partial charge in [-0.3, -0.25) is 19.3 Å². The fraction of sp³-hybridized carbons (Fsp3) is 0.200. The Labute approximate surface area is 199 Å². The predicted molar refractivity (Wildman–Crippen MR) is 128 cm³/mol. The molecule has 0 saturated carbocycles. The van der Waals surface area contributed by atoms with Gasteiger partial charge >= 0.3 is 6.03 Å². The van der Waals surface area contributed by atoms with Gasteiger partial charge in [0.15, 0.2) is 0 Å². The number of hydrogen-bond donors (Lipinski definition) is 3. The van der Waals surface area contributed by atoms with E-state index >= 15 is 0 Å². The molecular formula is C25H22N4O4S. The van der Waals surface area contributed by atoms with Gasteiger partial charge in [0.05, 0.1) is 5.56 Å². The van der Waals surface area contributed by atoms with Crippen LogP contribution < -0.4 is 16.4 Å². The Morgan fingerprint density at radius 2 is 1.82 bits per heavy atom. The SMILES string of the molecule is Cc1sc(NC(=O)CN2C(=O)NC3(CCc4ccccc43)C2=O)c(C(N)=O)c1-c1ccccc1. The molecule has 1 atom stereocenters. The largest absolute Gasteiger partial charge is 0.365 e. The topological polar surface area (TPSA) is 122 Å². The fourth-order valence-electron chi connectivity index (χ4n) is 4.86. The van der Waals surface area contributed by atoms with Crippen molar-refractivity contribution in [1.29, 1.82) is 0 Å². The first kappa shape index (κ1) is 21.8. The summed E-state index contributed by atoms with van der Waals surface area (Å²) < 4.78 is 0. The number of thiophene rings is 1. The highest BCUT2D eigenvalue weighted by atomic mass is 32.1. The number of fused-ring (bicyclic) bond motifs is 2. The van der Waals surface area contributed by atoms with Gasteiger partial charge < -0.3 is 16.4 Å². The standard InChI is InChI=1S/C25H22N4O4S/c1-14-19(16-8-3-2-4-9-16)20(21(26)31)22(34-14)27-18(30)13-29-23(32)25(28-24(29)33)12-11-15-7-5-6-10-17(15)25/h2-10H,11-13H2,1H3,(H2,26,31)(H,27,30)(H,28,33). The molecular weight excluding hydrogens is 452 g/mol. The monoisotopic (exact) mass is 474 g/mol. The summed E-state index contributed by atoms with van der Waals surface area (Å²) in [6, 6.07) is 16.2. The Balaban J connectivity index is 1.39. The molecule has 1 fully saturated rings. The molecule has 8 nitrogen and oxygen atoms in total. The van der Waals surface area contributed by atoms with Crippen LogP contribution in [0.1, 0.15) is 32.8 Å². The molecule has 1 saturated heterocycles. The molecule has 5 amide bonds. The second kappa shape index (κ2) is 8.11. The molecule has 34 heavy (non-hydrogen) atoms. The molecule has 1 aromatic heterocycles. The van der Waals surface area contributed by atoms with Crippen LogP contribution in [0.3, 0.4) is 0 Å². The number of imide groups is 1. The van der Waals surface area contributed by atoms with Crippen molar-refractivity contribution in [1.82, 2.24) is 10.2 Å². The molecule has 1 unspecified atom stereocenters. The third-order valence-electron chi connectivity index (χ3n) is 6.37. The van der Waals surface area contributed by atoms with Gasteiger partial charge in [-0.2, -0.15) is 0 Å². The van der Waals surface area contributed by atoms with Gasteiger partial charge in [-0.1, -0.05) is 54.6 Å². The number of carbonyl (C=O) groups is 4. The summed E-state index contributed by atoms with van der Waals surface area (Å²) in [6.07, 6.45) is 1.12. The van der Waals surface area contributed by atoms with Crippen molar-refractivity contribution in [2.75, 3.05) is 11.9 Å². The van der Waals surface area contributed by atoms with E-state index in [1.807, 2.05) is 61.5 Å². The van der Waals surface area contributed by atoms with E-state index in [0.717, 1.165) is 26.5 Å². The number of nitrogens with zero attached hydrogens (tertiary/aromatic N) is 1. The van der Waals surface area contributed by atoms with Crippen LogP contribution in [0.4, 0.5) is 9.80 Å². The van der Waals surface area contributed by atoms with Crippen molar-refractivity contribution in [2.24, 2.45) is 5.73 Å². The van der Waals surface area contributed by atoms with Crippen LogP contribution in [0, 0.1) is 6.92 Å². The van der Waals surface area contributed by atoms with Gasteiger partial charge in [-0.05, 0) is 36.5 Å². The first-order valence-electron chi connectivity index (χ1n) is 10.8. The molecule has 1 aliphatic carbocycles. The van der Waals surface area contributed by atoms with Gasteiger partial charge in [0, 0.05) is 10.4 Å². The normalized spacial score (nSPS) is 18.8. The van der Waals surface area contributed by atoms with Crippen molar-refractivity contribution in [3.63, 3.8) is 0 Å². The number of nitrogens with two attached hydrogens (primary N) is 1. The molecule has 2 aliphatic rings. The Bertz CT molecular complexity index is 1350. The first-order valence-corrected chi connectivity index (χ1v) is 11.6. The highest BCUT2D eigenvalue weighted by Crippen LogP contribution is 2.42. The minimum atomic E-state index is -1.13. The Morgan fingerprint density at radius 3 is 2.56 bits per heavy atom. The van der Waals surface area contributed by atoms with Gasteiger partial charge in [0.25, 0.3) is 11.8 Å². The molecule has 172 valence electrons. The van der Waals surface area contributed by atoms with Crippen LogP contribution in [0.2, 0.25) is 0 Å². The smallest absolute Gasteiger partial charge is 0.325 e. The zero-order valence-corrected chi connectivity index (χ0v) is 19.2. The number of primary amides is 1. The number of aryl methyl sites for hydroxylation is 2. The van der Waals surface area contributed by atoms with Crippen LogP contribution in [0.5, 0.6) is 0 Å². The van der Waals surface area contributed by atoms with E-state index in [-0.39, 0.29) is 5.56 Å². The van der Waals surface area contributed by atoms with E-state index in [4.69, 9.17) is 5.73 Å². The van der Waals surface area contributed by atoms with Gasteiger partial charge in [0.2, 0.25) is 5.91 Å². The zero-order chi connectivity index (χ0) is 24.0. The third kappa shape index (κ3) is 3.36. The molecule has 9 heteroatoms. The number of anilines is 1. The molecule has 5 rings (SSSR count). The van der Waals surface area contributed by atoms with Crippen molar-refractivity contribution < 1.29 is 19.2 Å². The minimum Gasteiger partial charge on any atom is -0.365 e. The number of amides is 5. The van der Waals surface area contributed by atoms with Crippen LogP contribution in [0.25, 0.3) is 11.1 Å². The average Bonchev–Trinajstić information content (AvgIpc) is 3.43. The third-order valence-corrected chi connectivity index (χ3v) is 7.39. The van der Waals surface area contributed by atoms with E-state index < -0.39 is 35.8 Å². The summed E-state index contributed by atoms with van der Waals surface area (Å²) >= 11 is 1.22. The van der Waals surface area contributed by atoms with Crippen LogP contribution in [-0.4, -0.2) is 35.2 Å². The van der Waals surface area contributed by atoms with Crippen molar-refractivity contribution in [2.45, 2.75) is 25.3 Å². The summed E-state index contributed by atoms with van der Waals surface area (Å²) in [5, 5.41) is 5.79. The van der Waals surface area contributed by atoms with Crippen LogP contribution in [0.15, 0.2) is 54.6 Å². The number of rotatable bonds is 5. The second-order valence-corrected chi connectivity index (χ2v) is 9.62. The van der Waals surface area contributed by atoms with Crippen molar-refractivity contribution in [3.8, 4) is 11.1 Å². The highest BCUT2D eigenvalue weighted by molar-refractivity contribution is 7.17. The summed E-state index contributed by atoms with van der Waals surface area (Å²) in [5.74, 6) is -1.70. The number of carbonyl (C=O) groups excluding carboxylic acids is 4. The summed E-state index contributed by atoms with van der Waals surface area (Å²) in [5.41, 5.74) is 7.98. The fourth-order valence-corrected chi connectivity index (χ4v) is 5.96. The van der Waals surface area contributed by atoms with Gasteiger partial charge in [-0.15, -0.1) is 11.3 Å². The lowest BCUT2D eigenvalue weighted by Crippen LogP contribution is -2.43. The van der Waals surface area contributed by atoms with E-state index in [0.29, 0.717) is 23.4 Å².